The molecule has 0 aliphatic rings. The second-order valence-electron chi connectivity index (χ2n) is 2.92. The molecule has 0 amide bonds. The summed E-state index contributed by atoms with van der Waals surface area (Å²) in [5.41, 5.74) is 2.16. The summed E-state index contributed by atoms with van der Waals surface area (Å²) >= 11 is 0. The molecular formula is C10H17N3. The van der Waals surface area contributed by atoms with Crippen LogP contribution < -0.4 is 10.6 Å². The summed E-state index contributed by atoms with van der Waals surface area (Å²) < 4.78 is 0. The van der Waals surface area contributed by atoms with Crippen LogP contribution in [-0.2, 0) is 0 Å². The molecule has 72 valence electrons. The Balaban J connectivity index is 2.56. The molecule has 1 heterocycles. The average Bonchev–Trinajstić information content (AvgIpc) is 2.16. The maximum Gasteiger partial charge on any atom is 0.0547 e. The molecule has 3 heteroatoms. The van der Waals surface area contributed by atoms with E-state index in [1.54, 1.807) is 0 Å². The summed E-state index contributed by atoms with van der Waals surface area (Å²) in [5, 5.41) is 6.51. The predicted octanol–water partition coefficient (Wildman–Crippen LogP) is 2.34. The van der Waals surface area contributed by atoms with E-state index in [4.69, 9.17) is 0 Å². The number of anilines is 2. The number of aromatic nitrogens is 1. The molecule has 1 rings (SSSR count). The summed E-state index contributed by atoms with van der Waals surface area (Å²) in [6.07, 6.45) is 4.81. The summed E-state index contributed by atoms with van der Waals surface area (Å²) in [7, 11) is 0. The first-order chi connectivity index (χ1) is 6.36. The molecule has 0 aliphatic carbocycles. The fourth-order valence-corrected chi connectivity index (χ4v) is 1.11. The fourth-order valence-electron chi connectivity index (χ4n) is 1.11. The van der Waals surface area contributed by atoms with E-state index in [2.05, 4.69) is 35.5 Å². The topological polar surface area (TPSA) is 37.0 Å². The molecule has 0 aromatic carbocycles. The van der Waals surface area contributed by atoms with Crippen LogP contribution in [0.25, 0.3) is 0 Å². The zero-order valence-corrected chi connectivity index (χ0v) is 8.30. The number of nitrogens with zero attached hydrogens (tertiary/aromatic N) is 1. The molecule has 0 spiro atoms. The maximum absolute atomic E-state index is 4.13. The largest absolute Gasteiger partial charge is 0.384 e. The van der Waals surface area contributed by atoms with Gasteiger partial charge in [-0.15, -0.1) is 0 Å². The van der Waals surface area contributed by atoms with Crippen molar-refractivity contribution in [3.8, 4) is 0 Å². The van der Waals surface area contributed by atoms with Crippen molar-refractivity contribution in [2.24, 2.45) is 0 Å². The monoisotopic (exact) mass is 179 g/mol. The van der Waals surface area contributed by atoms with Gasteiger partial charge in [0.05, 0.1) is 23.8 Å². The standard InChI is InChI=1S/C10H17N3/c1-3-5-13-10-6-9(12-4-2)7-11-8-10/h6-8,12-13H,3-5H2,1-2H3. The molecule has 1 aromatic heterocycles. The minimum Gasteiger partial charge on any atom is -0.384 e. The van der Waals surface area contributed by atoms with Crippen LogP contribution in [0.1, 0.15) is 20.3 Å². The van der Waals surface area contributed by atoms with Crippen LogP contribution >= 0.6 is 0 Å². The van der Waals surface area contributed by atoms with Gasteiger partial charge in [0.25, 0.3) is 0 Å². The molecule has 0 aliphatic heterocycles. The molecular weight excluding hydrogens is 162 g/mol. The summed E-state index contributed by atoms with van der Waals surface area (Å²) in [6.45, 7) is 6.15. The Hall–Kier alpha value is -1.25. The van der Waals surface area contributed by atoms with Crippen molar-refractivity contribution in [3.05, 3.63) is 18.5 Å². The number of hydrogen-bond donors (Lipinski definition) is 2. The van der Waals surface area contributed by atoms with E-state index in [1.807, 2.05) is 12.4 Å². The van der Waals surface area contributed by atoms with Gasteiger partial charge in [0, 0.05) is 13.1 Å². The van der Waals surface area contributed by atoms with Gasteiger partial charge in [0.15, 0.2) is 0 Å². The van der Waals surface area contributed by atoms with Crippen LogP contribution in [0.15, 0.2) is 18.5 Å². The van der Waals surface area contributed by atoms with Gasteiger partial charge in [-0.2, -0.15) is 0 Å². The normalized spacial score (nSPS) is 9.69. The molecule has 0 saturated carbocycles. The van der Waals surface area contributed by atoms with Gasteiger partial charge in [0.2, 0.25) is 0 Å². The van der Waals surface area contributed by atoms with Gasteiger partial charge in [-0.1, -0.05) is 6.92 Å². The van der Waals surface area contributed by atoms with Gasteiger partial charge in [-0.3, -0.25) is 4.98 Å². The lowest BCUT2D eigenvalue weighted by atomic mass is 10.3. The first-order valence-corrected chi connectivity index (χ1v) is 4.79. The second-order valence-corrected chi connectivity index (χ2v) is 2.92. The number of hydrogen-bond acceptors (Lipinski definition) is 3. The zero-order valence-electron chi connectivity index (χ0n) is 8.30. The van der Waals surface area contributed by atoms with Gasteiger partial charge in [-0.05, 0) is 19.4 Å². The van der Waals surface area contributed by atoms with Crippen LogP contribution in [0.2, 0.25) is 0 Å². The fraction of sp³-hybridized carbons (Fsp3) is 0.500. The molecule has 3 nitrogen and oxygen atoms in total. The van der Waals surface area contributed by atoms with Gasteiger partial charge >= 0.3 is 0 Å². The molecule has 0 bridgehead atoms. The molecule has 1 aromatic rings. The minimum atomic E-state index is 0.929. The highest BCUT2D eigenvalue weighted by Gasteiger charge is 1.93. The smallest absolute Gasteiger partial charge is 0.0547 e. The van der Waals surface area contributed by atoms with Crippen LogP contribution in [0.3, 0.4) is 0 Å². The van der Waals surface area contributed by atoms with Gasteiger partial charge < -0.3 is 10.6 Å². The van der Waals surface area contributed by atoms with E-state index in [1.165, 1.54) is 0 Å². The highest BCUT2D eigenvalue weighted by atomic mass is 14.9. The average molecular weight is 179 g/mol. The van der Waals surface area contributed by atoms with Crippen molar-refractivity contribution in [3.63, 3.8) is 0 Å². The lowest BCUT2D eigenvalue weighted by molar-refractivity contribution is 0.977. The zero-order chi connectivity index (χ0) is 9.52. The first-order valence-electron chi connectivity index (χ1n) is 4.79. The summed E-state index contributed by atoms with van der Waals surface area (Å²) in [5.74, 6) is 0. The third-order valence-corrected chi connectivity index (χ3v) is 1.70. The van der Waals surface area contributed by atoms with Crippen molar-refractivity contribution in [2.45, 2.75) is 20.3 Å². The van der Waals surface area contributed by atoms with Crippen LogP contribution in [-0.4, -0.2) is 18.1 Å². The third kappa shape index (κ3) is 3.32. The molecule has 0 saturated heterocycles. The summed E-state index contributed by atoms with van der Waals surface area (Å²) in [4.78, 5) is 4.13. The first kappa shape index (κ1) is 9.84. The number of rotatable bonds is 5. The minimum absolute atomic E-state index is 0.929. The van der Waals surface area contributed by atoms with Crippen LogP contribution in [0, 0.1) is 0 Å². The molecule has 0 atom stereocenters. The van der Waals surface area contributed by atoms with E-state index in [9.17, 15) is 0 Å². The lowest BCUT2D eigenvalue weighted by Gasteiger charge is -2.06. The van der Waals surface area contributed by atoms with Crippen molar-refractivity contribution in [1.29, 1.82) is 0 Å². The van der Waals surface area contributed by atoms with E-state index < -0.39 is 0 Å². The Bertz CT molecular complexity index is 248. The van der Waals surface area contributed by atoms with Crippen molar-refractivity contribution in [1.82, 2.24) is 4.98 Å². The van der Waals surface area contributed by atoms with Crippen molar-refractivity contribution in [2.75, 3.05) is 23.7 Å². The highest BCUT2D eigenvalue weighted by Crippen LogP contribution is 2.12. The molecule has 13 heavy (non-hydrogen) atoms. The van der Waals surface area contributed by atoms with E-state index in [0.717, 1.165) is 30.9 Å². The quantitative estimate of drug-likeness (QED) is 0.728. The van der Waals surface area contributed by atoms with Crippen molar-refractivity contribution < 1.29 is 0 Å². The Labute approximate surface area is 79.6 Å². The Kier molecular flexibility index (Phi) is 4.09. The molecule has 2 N–H and O–H groups in total. The van der Waals surface area contributed by atoms with Gasteiger partial charge in [-0.25, -0.2) is 0 Å². The van der Waals surface area contributed by atoms with E-state index in [-0.39, 0.29) is 0 Å². The molecule has 0 fully saturated rings. The summed E-state index contributed by atoms with van der Waals surface area (Å²) in [6, 6.07) is 2.08. The van der Waals surface area contributed by atoms with Crippen LogP contribution in [0.4, 0.5) is 11.4 Å². The number of pyridine rings is 1. The van der Waals surface area contributed by atoms with Crippen LogP contribution in [0.5, 0.6) is 0 Å². The molecule has 0 radical (unpaired) electrons. The Morgan fingerprint density at radius 2 is 1.85 bits per heavy atom. The van der Waals surface area contributed by atoms with E-state index >= 15 is 0 Å². The Morgan fingerprint density at radius 3 is 2.46 bits per heavy atom. The third-order valence-electron chi connectivity index (χ3n) is 1.70. The SMILES string of the molecule is CCCNc1cncc(NCC)c1. The number of nitrogens with one attached hydrogen (secondary N) is 2. The maximum atomic E-state index is 4.13. The highest BCUT2D eigenvalue weighted by molar-refractivity contribution is 5.53. The van der Waals surface area contributed by atoms with E-state index in [0.29, 0.717) is 0 Å². The molecule has 0 unspecified atom stereocenters. The second kappa shape index (κ2) is 5.41. The van der Waals surface area contributed by atoms with Gasteiger partial charge in [0.1, 0.15) is 0 Å². The lowest BCUT2D eigenvalue weighted by Crippen LogP contribution is -2.02. The predicted molar refractivity (Wildman–Crippen MR) is 57.2 cm³/mol. The Morgan fingerprint density at radius 1 is 1.15 bits per heavy atom. The van der Waals surface area contributed by atoms with Crippen molar-refractivity contribution >= 4 is 11.4 Å².